The van der Waals surface area contributed by atoms with Crippen LogP contribution in [0.1, 0.15) is 42.2 Å². The van der Waals surface area contributed by atoms with Gasteiger partial charge in [0, 0.05) is 32.7 Å². The number of carbonyl (C=O) groups is 2. The molecule has 10 nitrogen and oxygen atoms in total. The molecule has 2 aromatic rings. The summed E-state index contributed by atoms with van der Waals surface area (Å²) < 4.78 is 11.4. The molecule has 0 aromatic carbocycles. The predicted molar refractivity (Wildman–Crippen MR) is 130 cm³/mol. The van der Waals surface area contributed by atoms with E-state index >= 15 is 0 Å². The minimum atomic E-state index is -0.550. The third-order valence-corrected chi connectivity index (χ3v) is 6.46. The van der Waals surface area contributed by atoms with Crippen LogP contribution < -0.4 is 5.32 Å². The Kier molecular flexibility index (Phi) is 7.34. The molecule has 2 aromatic heterocycles. The van der Waals surface area contributed by atoms with Gasteiger partial charge in [-0.05, 0) is 40.0 Å². The average Bonchev–Trinajstić information content (AvgIpc) is 3.27. The van der Waals surface area contributed by atoms with Crippen molar-refractivity contribution in [3.63, 3.8) is 0 Å². The number of anilines is 2. The van der Waals surface area contributed by atoms with Crippen LogP contribution in [0.2, 0.25) is 0 Å². The molecule has 2 aliphatic heterocycles. The molecule has 0 saturated carbocycles. The topological polar surface area (TPSA) is 100 Å². The van der Waals surface area contributed by atoms with Gasteiger partial charge in [-0.1, -0.05) is 17.4 Å². The first-order chi connectivity index (χ1) is 16.2. The minimum Gasteiger partial charge on any atom is -0.444 e. The number of pyridine rings is 1. The summed E-state index contributed by atoms with van der Waals surface area (Å²) >= 11 is 1.31. The summed E-state index contributed by atoms with van der Waals surface area (Å²) in [5.74, 6) is 0.613. The first-order valence-corrected chi connectivity index (χ1v) is 12.3. The first-order valence-electron chi connectivity index (χ1n) is 11.4. The first kappa shape index (κ1) is 24.4. The Labute approximate surface area is 203 Å². The van der Waals surface area contributed by atoms with Crippen molar-refractivity contribution in [2.24, 2.45) is 0 Å². The number of aromatic nitrogens is 2. The van der Waals surface area contributed by atoms with Gasteiger partial charge in [0.25, 0.3) is 5.91 Å². The number of morpholine rings is 1. The number of carbonyl (C=O) groups excluding carboxylic acids is 2. The lowest BCUT2D eigenvalue weighted by molar-refractivity contribution is -0.0446. The van der Waals surface area contributed by atoms with Crippen molar-refractivity contribution in [3.8, 4) is 0 Å². The Balaban J connectivity index is 1.38. The summed E-state index contributed by atoms with van der Waals surface area (Å²) in [7, 11) is 2.06. The van der Waals surface area contributed by atoms with E-state index < -0.39 is 5.60 Å². The van der Waals surface area contributed by atoms with Gasteiger partial charge in [-0.3, -0.25) is 4.79 Å². The lowest BCUT2D eigenvalue weighted by Crippen LogP contribution is -2.46. The third-order valence-electron chi connectivity index (χ3n) is 5.56. The number of amides is 2. The average molecular weight is 489 g/mol. The Bertz CT molecular complexity index is 1010. The van der Waals surface area contributed by atoms with Crippen molar-refractivity contribution in [3.05, 3.63) is 35.0 Å². The van der Waals surface area contributed by atoms with Crippen molar-refractivity contribution in [2.75, 3.05) is 58.2 Å². The number of piperazine rings is 1. The minimum absolute atomic E-state index is 0.0122. The maximum atomic E-state index is 12.8. The fraction of sp³-hybridized carbons (Fsp3) is 0.565. The molecule has 11 heteroatoms. The second-order valence-electron chi connectivity index (χ2n) is 9.48. The molecule has 2 fully saturated rings. The maximum absolute atomic E-state index is 12.8. The summed E-state index contributed by atoms with van der Waals surface area (Å²) in [5.41, 5.74) is 0.161. The van der Waals surface area contributed by atoms with Crippen LogP contribution in [0.5, 0.6) is 0 Å². The van der Waals surface area contributed by atoms with Crippen LogP contribution in [-0.2, 0) is 9.47 Å². The van der Waals surface area contributed by atoms with Crippen LogP contribution in [0.25, 0.3) is 0 Å². The third kappa shape index (κ3) is 6.22. The molecule has 2 saturated heterocycles. The van der Waals surface area contributed by atoms with Gasteiger partial charge in [0.1, 0.15) is 22.4 Å². The normalized spacial score (nSPS) is 19.7. The monoisotopic (exact) mass is 488 g/mol. The highest BCUT2D eigenvalue weighted by atomic mass is 32.1. The number of hydrogen-bond donors (Lipinski definition) is 1. The highest BCUT2D eigenvalue weighted by molar-refractivity contribution is 7.17. The smallest absolute Gasteiger partial charge is 0.410 e. The quantitative estimate of drug-likeness (QED) is 0.701. The summed E-state index contributed by atoms with van der Waals surface area (Å²) in [6.07, 6.45) is 0.907. The molecule has 0 radical (unpaired) electrons. The number of rotatable bonds is 4. The second-order valence-corrected chi connectivity index (χ2v) is 10.5. The van der Waals surface area contributed by atoms with Gasteiger partial charge in [-0.15, -0.1) is 0 Å². The second kappa shape index (κ2) is 10.2. The predicted octanol–water partition coefficient (Wildman–Crippen LogP) is 2.98. The van der Waals surface area contributed by atoms with E-state index in [1.54, 1.807) is 11.1 Å². The van der Waals surface area contributed by atoms with Gasteiger partial charge in [-0.25, -0.2) is 14.8 Å². The van der Waals surface area contributed by atoms with Crippen molar-refractivity contribution >= 4 is 34.3 Å². The number of hydrogen-bond acceptors (Lipinski definition) is 9. The fourth-order valence-corrected chi connectivity index (χ4v) is 4.52. The summed E-state index contributed by atoms with van der Waals surface area (Å²) in [5, 5.41) is 3.79. The van der Waals surface area contributed by atoms with Gasteiger partial charge in [0.15, 0.2) is 5.13 Å². The Morgan fingerprint density at radius 1 is 1.15 bits per heavy atom. The maximum Gasteiger partial charge on any atom is 0.410 e. The zero-order valence-corrected chi connectivity index (χ0v) is 20.9. The van der Waals surface area contributed by atoms with Crippen LogP contribution >= 0.6 is 11.3 Å². The summed E-state index contributed by atoms with van der Waals surface area (Å²) in [6, 6.07) is 5.59. The number of likely N-dealkylation sites (N-methyl/N-ethyl adjacent to an activating group) is 1. The molecular formula is C23H32N6O4S. The van der Waals surface area contributed by atoms with E-state index in [-0.39, 0.29) is 18.1 Å². The highest BCUT2D eigenvalue weighted by Crippen LogP contribution is 2.26. The molecule has 1 atom stereocenters. The van der Waals surface area contributed by atoms with Gasteiger partial charge in [-0.2, -0.15) is 0 Å². The molecule has 1 N–H and O–H groups in total. The van der Waals surface area contributed by atoms with Gasteiger partial charge < -0.3 is 29.5 Å². The van der Waals surface area contributed by atoms with Gasteiger partial charge in [0.2, 0.25) is 0 Å². The van der Waals surface area contributed by atoms with Gasteiger partial charge >= 0.3 is 6.09 Å². The lowest BCUT2D eigenvalue weighted by Gasteiger charge is -2.34. The number of thiazole rings is 1. The van der Waals surface area contributed by atoms with Crippen LogP contribution in [0.3, 0.4) is 0 Å². The molecule has 0 aliphatic carbocycles. The summed E-state index contributed by atoms with van der Waals surface area (Å²) in [6.45, 7) is 10.0. The molecule has 4 heterocycles. The van der Waals surface area contributed by atoms with E-state index in [0.717, 1.165) is 26.2 Å². The van der Waals surface area contributed by atoms with Crippen LogP contribution in [0.4, 0.5) is 15.7 Å². The van der Waals surface area contributed by atoms with E-state index in [4.69, 9.17) is 9.47 Å². The zero-order chi connectivity index (χ0) is 24.3. The Morgan fingerprint density at radius 2 is 1.91 bits per heavy atom. The zero-order valence-electron chi connectivity index (χ0n) is 20.1. The van der Waals surface area contributed by atoms with Gasteiger partial charge in [0.05, 0.1) is 25.0 Å². The molecular weight excluding hydrogens is 456 g/mol. The largest absolute Gasteiger partial charge is 0.444 e. The molecule has 0 spiro atoms. The Hall–Kier alpha value is -2.76. The van der Waals surface area contributed by atoms with Crippen LogP contribution in [0, 0.1) is 0 Å². The lowest BCUT2D eigenvalue weighted by atomic mass is 10.2. The highest BCUT2D eigenvalue weighted by Gasteiger charge is 2.30. The standard InChI is InChI=1S/C23H32N6O4S/c1-23(2,3)33-22(31)29-12-13-32-17(15-29)16-6-5-7-19(25-16)26-21-24-14-18(34-21)20(30)28-10-8-27(4)9-11-28/h5-7,14,17H,8-13,15H2,1-4H3,(H,24,25,26). The van der Waals surface area contributed by atoms with Crippen LogP contribution in [0.15, 0.2) is 24.4 Å². The molecule has 34 heavy (non-hydrogen) atoms. The Morgan fingerprint density at radius 3 is 2.65 bits per heavy atom. The SMILES string of the molecule is CN1CCN(C(=O)c2cnc(Nc3cccc(C4CN(C(=O)OC(C)(C)C)CCO4)n3)s2)CC1. The summed E-state index contributed by atoms with van der Waals surface area (Å²) in [4.78, 5) is 40.6. The van der Waals surface area contributed by atoms with Crippen LogP contribution in [-0.4, -0.2) is 95.2 Å². The molecule has 2 aliphatic rings. The molecule has 184 valence electrons. The van der Waals surface area contributed by atoms with Crippen molar-refractivity contribution in [1.82, 2.24) is 24.7 Å². The van der Waals surface area contributed by atoms with Crippen molar-refractivity contribution in [2.45, 2.75) is 32.5 Å². The number of ether oxygens (including phenoxy) is 2. The van der Waals surface area contributed by atoms with Crippen molar-refractivity contribution < 1.29 is 19.1 Å². The van der Waals surface area contributed by atoms with E-state index in [1.807, 2.05) is 43.9 Å². The number of nitrogens with zero attached hydrogens (tertiary/aromatic N) is 5. The fourth-order valence-electron chi connectivity index (χ4n) is 3.73. The van der Waals surface area contributed by atoms with E-state index in [2.05, 4.69) is 27.2 Å². The molecule has 2 amide bonds. The molecule has 4 rings (SSSR count). The number of nitrogens with one attached hydrogen (secondary N) is 1. The van der Waals surface area contributed by atoms with Crippen molar-refractivity contribution in [1.29, 1.82) is 0 Å². The molecule has 1 unspecified atom stereocenters. The van der Waals surface area contributed by atoms with E-state index in [9.17, 15) is 9.59 Å². The molecule has 0 bridgehead atoms. The van der Waals surface area contributed by atoms with E-state index in [0.29, 0.717) is 41.2 Å². The van der Waals surface area contributed by atoms with E-state index in [1.165, 1.54) is 11.3 Å².